The number of aromatic nitrogens is 1. The molecule has 0 amide bonds. The van der Waals surface area contributed by atoms with E-state index in [1.165, 1.54) is 12.1 Å². The normalized spacial score (nSPS) is 25.4. The van der Waals surface area contributed by atoms with E-state index in [2.05, 4.69) is 4.98 Å². The van der Waals surface area contributed by atoms with Crippen LogP contribution in [0.1, 0.15) is 12.3 Å². The van der Waals surface area contributed by atoms with Crippen LogP contribution in [0.3, 0.4) is 0 Å². The quantitative estimate of drug-likeness (QED) is 0.795. The van der Waals surface area contributed by atoms with Gasteiger partial charge in [-0.1, -0.05) is 0 Å². The third kappa shape index (κ3) is 1.40. The molecular formula is C11H11FN2O2. The Morgan fingerprint density at radius 2 is 2.31 bits per heavy atom. The van der Waals surface area contributed by atoms with Crippen LogP contribution in [0.4, 0.5) is 4.39 Å². The zero-order chi connectivity index (χ0) is 11.2. The van der Waals surface area contributed by atoms with Crippen molar-refractivity contribution in [1.29, 1.82) is 0 Å². The van der Waals surface area contributed by atoms with Crippen molar-refractivity contribution < 1.29 is 13.5 Å². The number of hydrogen-bond donors (Lipinski definition) is 1. The highest BCUT2D eigenvalue weighted by Crippen LogP contribution is 2.29. The van der Waals surface area contributed by atoms with Gasteiger partial charge in [-0.05, 0) is 18.6 Å². The van der Waals surface area contributed by atoms with E-state index in [1.807, 2.05) is 0 Å². The summed E-state index contributed by atoms with van der Waals surface area (Å²) in [5, 5.41) is 0. The highest BCUT2D eigenvalue weighted by molar-refractivity contribution is 5.72. The number of hydrogen-bond acceptors (Lipinski definition) is 4. The Hall–Kier alpha value is -1.46. The predicted molar refractivity (Wildman–Crippen MR) is 55.3 cm³/mol. The van der Waals surface area contributed by atoms with Gasteiger partial charge in [0.25, 0.3) is 0 Å². The molecule has 0 spiro atoms. The summed E-state index contributed by atoms with van der Waals surface area (Å²) in [6.07, 6.45) is 0.669. The molecule has 4 nitrogen and oxygen atoms in total. The van der Waals surface area contributed by atoms with E-state index in [0.29, 0.717) is 36.6 Å². The number of rotatable bonds is 1. The standard InChI is InChI=1S/C11H11FN2O2/c12-7-1-2-9-8(5-7)14-10(16-9)11(13)3-4-15-6-11/h1-2,5H,3-4,6,13H2. The topological polar surface area (TPSA) is 61.3 Å². The fourth-order valence-electron chi connectivity index (χ4n) is 1.86. The lowest BCUT2D eigenvalue weighted by molar-refractivity contribution is 0.170. The molecule has 1 atom stereocenters. The number of nitrogens with two attached hydrogens (primary N) is 1. The van der Waals surface area contributed by atoms with E-state index >= 15 is 0 Å². The van der Waals surface area contributed by atoms with Gasteiger partial charge in [0.05, 0.1) is 6.61 Å². The Bertz CT molecular complexity index is 532. The molecule has 2 aromatic rings. The highest BCUT2D eigenvalue weighted by Gasteiger charge is 2.37. The van der Waals surface area contributed by atoms with Gasteiger partial charge in [0.15, 0.2) is 5.58 Å². The number of fused-ring (bicyclic) bond motifs is 1. The van der Waals surface area contributed by atoms with Crippen molar-refractivity contribution in [2.75, 3.05) is 13.2 Å². The maximum atomic E-state index is 13.0. The van der Waals surface area contributed by atoms with E-state index < -0.39 is 5.54 Å². The molecule has 5 heteroatoms. The summed E-state index contributed by atoms with van der Waals surface area (Å²) in [5.41, 5.74) is 6.48. The summed E-state index contributed by atoms with van der Waals surface area (Å²) >= 11 is 0. The van der Waals surface area contributed by atoms with Crippen LogP contribution in [0.5, 0.6) is 0 Å². The Balaban J connectivity index is 2.11. The monoisotopic (exact) mass is 222 g/mol. The van der Waals surface area contributed by atoms with Crippen LogP contribution < -0.4 is 5.73 Å². The van der Waals surface area contributed by atoms with Gasteiger partial charge >= 0.3 is 0 Å². The minimum atomic E-state index is -0.671. The lowest BCUT2D eigenvalue weighted by Crippen LogP contribution is -2.37. The number of halogens is 1. The molecule has 3 rings (SSSR count). The smallest absolute Gasteiger partial charge is 0.218 e. The second-order valence-corrected chi connectivity index (χ2v) is 4.09. The van der Waals surface area contributed by atoms with Gasteiger partial charge in [-0.25, -0.2) is 9.37 Å². The van der Waals surface area contributed by atoms with E-state index in [9.17, 15) is 4.39 Å². The first kappa shape index (κ1) is 9.74. The van der Waals surface area contributed by atoms with Crippen molar-refractivity contribution in [3.8, 4) is 0 Å². The maximum Gasteiger partial charge on any atom is 0.218 e. The van der Waals surface area contributed by atoms with Crippen LogP contribution in [-0.2, 0) is 10.3 Å². The Morgan fingerprint density at radius 3 is 3.06 bits per heavy atom. The van der Waals surface area contributed by atoms with Gasteiger partial charge in [-0.2, -0.15) is 0 Å². The number of nitrogens with zero attached hydrogens (tertiary/aromatic N) is 1. The first-order valence-corrected chi connectivity index (χ1v) is 5.11. The Kier molecular flexibility index (Phi) is 1.99. The van der Waals surface area contributed by atoms with Crippen molar-refractivity contribution >= 4 is 11.1 Å². The van der Waals surface area contributed by atoms with Crippen LogP contribution in [0.25, 0.3) is 11.1 Å². The molecule has 1 unspecified atom stereocenters. The number of oxazole rings is 1. The number of benzene rings is 1. The summed E-state index contributed by atoms with van der Waals surface area (Å²) in [7, 11) is 0. The van der Waals surface area contributed by atoms with Crippen molar-refractivity contribution in [1.82, 2.24) is 4.98 Å². The molecule has 1 aliphatic heterocycles. The second kappa shape index (κ2) is 3.26. The summed E-state index contributed by atoms with van der Waals surface area (Å²) in [5.74, 6) is 0.0895. The average molecular weight is 222 g/mol. The van der Waals surface area contributed by atoms with Crippen LogP contribution in [0.2, 0.25) is 0 Å². The third-order valence-corrected chi connectivity index (χ3v) is 2.83. The largest absolute Gasteiger partial charge is 0.439 e. The molecular weight excluding hydrogens is 211 g/mol. The van der Waals surface area contributed by atoms with Gasteiger partial charge in [-0.15, -0.1) is 0 Å². The molecule has 0 radical (unpaired) electrons. The second-order valence-electron chi connectivity index (χ2n) is 4.09. The average Bonchev–Trinajstić information content (AvgIpc) is 2.84. The Morgan fingerprint density at radius 1 is 1.44 bits per heavy atom. The van der Waals surface area contributed by atoms with Crippen molar-refractivity contribution in [3.05, 3.63) is 29.9 Å². The molecule has 1 aromatic carbocycles. The molecule has 16 heavy (non-hydrogen) atoms. The summed E-state index contributed by atoms with van der Waals surface area (Å²) < 4.78 is 23.7. The highest BCUT2D eigenvalue weighted by atomic mass is 19.1. The lowest BCUT2D eigenvalue weighted by Gasteiger charge is -2.16. The van der Waals surface area contributed by atoms with E-state index in [0.717, 1.165) is 0 Å². The minimum absolute atomic E-state index is 0.332. The predicted octanol–water partition coefficient (Wildman–Crippen LogP) is 1.54. The zero-order valence-corrected chi connectivity index (χ0v) is 8.57. The fourth-order valence-corrected chi connectivity index (χ4v) is 1.86. The minimum Gasteiger partial charge on any atom is -0.439 e. The molecule has 1 fully saturated rings. The first-order valence-electron chi connectivity index (χ1n) is 5.11. The van der Waals surface area contributed by atoms with E-state index in [4.69, 9.17) is 14.9 Å². The number of ether oxygens (including phenoxy) is 1. The third-order valence-electron chi connectivity index (χ3n) is 2.83. The summed E-state index contributed by atoms with van der Waals surface area (Å²) in [6, 6.07) is 4.23. The molecule has 1 saturated heterocycles. The first-order chi connectivity index (χ1) is 7.67. The van der Waals surface area contributed by atoms with Crippen LogP contribution in [0, 0.1) is 5.82 Å². The van der Waals surface area contributed by atoms with Crippen LogP contribution >= 0.6 is 0 Å². The van der Waals surface area contributed by atoms with Crippen LogP contribution in [0.15, 0.2) is 22.6 Å². The van der Waals surface area contributed by atoms with Gasteiger partial charge in [0.1, 0.15) is 16.9 Å². The van der Waals surface area contributed by atoms with E-state index in [1.54, 1.807) is 6.07 Å². The van der Waals surface area contributed by atoms with Crippen LogP contribution in [-0.4, -0.2) is 18.2 Å². The molecule has 0 aliphatic carbocycles. The van der Waals surface area contributed by atoms with Gasteiger partial charge < -0.3 is 14.9 Å². The molecule has 1 aliphatic rings. The summed E-state index contributed by atoms with van der Waals surface area (Å²) in [4.78, 5) is 4.22. The molecule has 0 saturated carbocycles. The van der Waals surface area contributed by atoms with Gasteiger partial charge in [-0.3, -0.25) is 0 Å². The van der Waals surface area contributed by atoms with Crippen molar-refractivity contribution in [2.24, 2.45) is 5.73 Å². The van der Waals surface area contributed by atoms with Crippen molar-refractivity contribution in [3.63, 3.8) is 0 Å². The van der Waals surface area contributed by atoms with E-state index in [-0.39, 0.29) is 5.82 Å². The summed E-state index contributed by atoms with van der Waals surface area (Å²) in [6.45, 7) is 0.992. The molecule has 1 aromatic heterocycles. The lowest BCUT2D eigenvalue weighted by atomic mass is 10.0. The van der Waals surface area contributed by atoms with Gasteiger partial charge in [0, 0.05) is 12.7 Å². The molecule has 0 bridgehead atoms. The molecule has 2 N–H and O–H groups in total. The zero-order valence-electron chi connectivity index (χ0n) is 8.57. The Labute approximate surface area is 91.2 Å². The van der Waals surface area contributed by atoms with Crippen molar-refractivity contribution in [2.45, 2.75) is 12.0 Å². The SMILES string of the molecule is NC1(c2nc3cc(F)ccc3o2)CCOC1. The van der Waals surface area contributed by atoms with Gasteiger partial charge in [0.2, 0.25) is 5.89 Å². The molecule has 2 heterocycles. The molecule has 84 valence electrons. The maximum absolute atomic E-state index is 13.0. The fraction of sp³-hybridized carbons (Fsp3) is 0.364.